The molecule has 0 N–H and O–H groups in total. The molecule has 2 aliphatic rings. The highest BCUT2D eigenvalue weighted by Crippen LogP contribution is 2.44. The molecule has 3 aromatic rings. The first kappa shape index (κ1) is 24.1. The van der Waals surface area contributed by atoms with E-state index in [1.54, 1.807) is 12.0 Å². The van der Waals surface area contributed by atoms with Crippen molar-refractivity contribution in [3.8, 4) is 17.6 Å². The molecule has 8 heteroatoms. The van der Waals surface area contributed by atoms with Crippen LogP contribution in [-0.4, -0.2) is 30.5 Å². The van der Waals surface area contributed by atoms with Crippen molar-refractivity contribution in [1.29, 1.82) is 5.26 Å². The number of halogens is 1. The fourth-order valence-corrected chi connectivity index (χ4v) is 5.71. The van der Waals surface area contributed by atoms with Gasteiger partial charge in [0.15, 0.2) is 11.5 Å². The van der Waals surface area contributed by atoms with Crippen LogP contribution in [0.25, 0.3) is 0 Å². The molecule has 1 unspecified atom stereocenters. The number of hydrogen-bond acceptors (Lipinski definition) is 6. The summed E-state index contributed by atoms with van der Waals surface area (Å²) in [7, 11) is 1.59. The molecule has 1 atom stereocenters. The summed E-state index contributed by atoms with van der Waals surface area (Å²) in [5.41, 5.74) is 3.50. The van der Waals surface area contributed by atoms with Crippen molar-refractivity contribution >= 4 is 35.0 Å². The van der Waals surface area contributed by atoms with Gasteiger partial charge >= 0.3 is 0 Å². The first-order valence-corrected chi connectivity index (χ1v) is 12.9. The van der Waals surface area contributed by atoms with E-state index < -0.39 is 0 Å². The third kappa shape index (κ3) is 4.88. The Labute approximate surface area is 219 Å². The van der Waals surface area contributed by atoms with Gasteiger partial charge in [0.1, 0.15) is 6.61 Å². The van der Waals surface area contributed by atoms with Crippen molar-refractivity contribution < 1.29 is 14.3 Å². The summed E-state index contributed by atoms with van der Waals surface area (Å²) in [6.45, 7) is 0.817. The lowest BCUT2D eigenvalue weighted by atomic mass is 9.86. The van der Waals surface area contributed by atoms with Crippen LogP contribution in [0.4, 0.5) is 5.69 Å². The van der Waals surface area contributed by atoms with Crippen LogP contribution in [-0.2, 0) is 11.4 Å². The van der Waals surface area contributed by atoms with E-state index in [1.807, 2.05) is 72.8 Å². The molecule has 2 heterocycles. The van der Waals surface area contributed by atoms with Crippen LogP contribution in [0.1, 0.15) is 23.5 Å². The van der Waals surface area contributed by atoms with E-state index in [9.17, 15) is 10.1 Å². The number of carbonyl (C=O) groups is 1. The first-order chi connectivity index (χ1) is 17.6. The van der Waals surface area contributed by atoms with Crippen LogP contribution in [0.2, 0.25) is 5.02 Å². The second-order valence-corrected chi connectivity index (χ2v) is 9.89. The van der Waals surface area contributed by atoms with Crippen LogP contribution in [0.15, 0.2) is 83.4 Å². The Balaban J connectivity index is 1.38. The molecule has 182 valence electrons. The van der Waals surface area contributed by atoms with Gasteiger partial charge in [-0.3, -0.25) is 9.69 Å². The molecule has 0 aliphatic carbocycles. The summed E-state index contributed by atoms with van der Waals surface area (Å²) < 4.78 is 11.6. The number of thioether (sulfide) groups is 1. The van der Waals surface area contributed by atoms with Gasteiger partial charge in [-0.05, 0) is 47.5 Å². The Morgan fingerprint density at radius 1 is 1.08 bits per heavy atom. The first-order valence-electron chi connectivity index (χ1n) is 11.5. The van der Waals surface area contributed by atoms with Crippen molar-refractivity contribution in [3.63, 3.8) is 0 Å². The number of nitrogens with zero attached hydrogens (tertiary/aromatic N) is 3. The Morgan fingerprint density at radius 3 is 2.58 bits per heavy atom. The smallest absolute Gasteiger partial charge is 0.229 e. The SMILES string of the molecule is COc1cc(C2CC(=O)N3CN(c4ccc(Cl)cc4)CSC3=C2C#N)ccc1OCc1ccccc1. The van der Waals surface area contributed by atoms with Gasteiger partial charge in [-0.25, -0.2) is 0 Å². The van der Waals surface area contributed by atoms with Crippen molar-refractivity contribution in [3.05, 3.63) is 99.5 Å². The number of anilines is 1. The standard InChI is InChI=1S/C28H24ClN3O3S/c1-34-26-13-20(7-12-25(26)35-16-19-5-3-2-4-6-19)23-14-27(33)32-17-31(18-36-28(32)24(23)15-30)22-10-8-21(29)9-11-22/h2-13,23H,14,16-18H2,1H3. The fraction of sp³-hybridized carbons (Fsp3) is 0.214. The van der Waals surface area contributed by atoms with Crippen LogP contribution < -0.4 is 14.4 Å². The number of benzene rings is 3. The van der Waals surface area contributed by atoms with E-state index in [0.717, 1.165) is 21.8 Å². The summed E-state index contributed by atoms with van der Waals surface area (Å²) in [5.74, 6) is 1.48. The van der Waals surface area contributed by atoms with E-state index in [4.69, 9.17) is 21.1 Å². The maximum absolute atomic E-state index is 13.3. The summed E-state index contributed by atoms with van der Waals surface area (Å²) in [6.07, 6.45) is 0.217. The molecule has 6 nitrogen and oxygen atoms in total. The zero-order valence-corrected chi connectivity index (χ0v) is 21.3. The van der Waals surface area contributed by atoms with E-state index >= 15 is 0 Å². The van der Waals surface area contributed by atoms with Gasteiger partial charge in [-0.1, -0.05) is 59.8 Å². The summed E-state index contributed by atoms with van der Waals surface area (Å²) >= 11 is 7.53. The number of amides is 1. The van der Waals surface area contributed by atoms with Crippen molar-refractivity contribution in [2.45, 2.75) is 18.9 Å². The van der Waals surface area contributed by atoms with Gasteiger partial charge in [-0.15, -0.1) is 0 Å². The lowest BCUT2D eigenvalue weighted by Gasteiger charge is -2.42. The topological polar surface area (TPSA) is 65.8 Å². The molecule has 1 saturated heterocycles. The van der Waals surface area contributed by atoms with Crippen LogP contribution >= 0.6 is 23.4 Å². The quantitative estimate of drug-likeness (QED) is 0.391. The average molecular weight is 518 g/mol. The summed E-state index contributed by atoms with van der Waals surface area (Å²) in [4.78, 5) is 17.1. The Kier molecular flexibility index (Phi) is 7.08. The average Bonchev–Trinajstić information content (AvgIpc) is 2.92. The number of rotatable bonds is 6. The van der Waals surface area contributed by atoms with E-state index in [-0.39, 0.29) is 18.2 Å². The third-order valence-electron chi connectivity index (χ3n) is 6.31. The number of nitriles is 1. The van der Waals surface area contributed by atoms with Crippen molar-refractivity contribution in [2.24, 2.45) is 0 Å². The monoisotopic (exact) mass is 517 g/mol. The van der Waals surface area contributed by atoms with Gasteiger partial charge in [0.25, 0.3) is 0 Å². The number of carbonyl (C=O) groups excluding carboxylic acids is 1. The Bertz CT molecular complexity index is 1340. The number of methoxy groups -OCH3 is 1. The zero-order valence-electron chi connectivity index (χ0n) is 19.7. The summed E-state index contributed by atoms with van der Waals surface area (Å²) in [6, 6.07) is 25.5. The number of fused-ring (bicyclic) bond motifs is 1. The molecule has 0 radical (unpaired) electrons. The largest absolute Gasteiger partial charge is 0.493 e. The fourth-order valence-electron chi connectivity index (χ4n) is 4.42. The van der Waals surface area contributed by atoms with Crippen molar-refractivity contribution in [1.82, 2.24) is 4.90 Å². The maximum atomic E-state index is 13.3. The second kappa shape index (κ2) is 10.6. The van der Waals surface area contributed by atoms with E-state index in [1.165, 1.54) is 11.8 Å². The minimum atomic E-state index is -0.333. The number of hydrogen-bond donors (Lipinski definition) is 0. The minimum Gasteiger partial charge on any atom is -0.493 e. The van der Waals surface area contributed by atoms with Gasteiger partial charge in [0.2, 0.25) is 5.91 Å². The van der Waals surface area contributed by atoms with Crippen LogP contribution in [0.5, 0.6) is 11.5 Å². The normalized spacial score (nSPS) is 17.5. The molecule has 3 aromatic carbocycles. The Morgan fingerprint density at radius 2 is 1.86 bits per heavy atom. The molecule has 2 aliphatic heterocycles. The number of ether oxygens (including phenoxy) is 2. The lowest BCUT2D eigenvalue weighted by molar-refractivity contribution is -0.129. The Hall–Kier alpha value is -3.60. The molecule has 0 bridgehead atoms. The highest BCUT2D eigenvalue weighted by atomic mass is 35.5. The van der Waals surface area contributed by atoms with Gasteiger partial charge in [0.05, 0.1) is 36.3 Å². The van der Waals surface area contributed by atoms with Crippen LogP contribution in [0.3, 0.4) is 0 Å². The second-order valence-electron chi connectivity index (χ2n) is 8.52. The number of allylic oxidation sites excluding steroid dienone is 1. The van der Waals surface area contributed by atoms with E-state index in [0.29, 0.717) is 41.2 Å². The summed E-state index contributed by atoms with van der Waals surface area (Å²) in [5, 5.41) is 11.5. The minimum absolute atomic E-state index is 0.0106. The molecule has 1 fully saturated rings. The molecule has 5 rings (SSSR count). The van der Waals surface area contributed by atoms with Gasteiger partial charge in [-0.2, -0.15) is 5.26 Å². The third-order valence-corrected chi connectivity index (χ3v) is 7.72. The maximum Gasteiger partial charge on any atom is 0.229 e. The molecule has 36 heavy (non-hydrogen) atoms. The highest BCUT2D eigenvalue weighted by Gasteiger charge is 2.38. The molecule has 0 spiro atoms. The van der Waals surface area contributed by atoms with Gasteiger partial charge < -0.3 is 14.4 Å². The van der Waals surface area contributed by atoms with Crippen molar-refractivity contribution in [2.75, 3.05) is 24.6 Å². The molecule has 0 aromatic heterocycles. The highest BCUT2D eigenvalue weighted by molar-refractivity contribution is 8.03. The van der Waals surface area contributed by atoms with E-state index in [2.05, 4.69) is 11.0 Å². The molecule has 0 saturated carbocycles. The lowest BCUT2D eigenvalue weighted by Crippen LogP contribution is -2.47. The van der Waals surface area contributed by atoms with Gasteiger partial charge in [0, 0.05) is 23.0 Å². The molecular weight excluding hydrogens is 494 g/mol. The predicted molar refractivity (Wildman–Crippen MR) is 142 cm³/mol. The van der Waals surface area contributed by atoms with Crippen LogP contribution in [0, 0.1) is 11.3 Å². The molecular formula is C28H24ClN3O3S. The zero-order chi connectivity index (χ0) is 25.1. The predicted octanol–water partition coefficient (Wildman–Crippen LogP) is 6.15. The molecule has 1 amide bonds.